The molecule has 1 saturated carbocycles. The number of ether oxygens (including phenoxy) is 1. The molecule has 1 aliphatic carbocycles. The predicted molar refractivity (Wildman–Crippen MR) is 96.4 cm³/mol. The number of carbonyl (C=O) groups excluding carboxylic acids is 1. The van der Waals surface area contributed by atoms with Gasteiger partial charge < -0.3 is 19.9 Å². The lowest BCUT2D eigenvalue weighted by Gasteiger charge is -2.47. The van der Waals surface area contributed by atoms with E-state index in [1.807, 2.05) is 24.5 Å². The molecule has 1 spiro atoms. The Morgan fingerprint density at radius 2 is 2.24 bits per heavy atom. The number of amides is 2. The summed E-state index contributed by atoms with van der Waals surface area (Å²) < 4.78 is 8.04. The molecule has 2 aromatic rings. The van der Waals surface area contributed by atoms with Gasteiger partial charge in [0.1, 0.15) is 0 Å². The van der Waals surface area contributed by atoms with Gasteiger partial charge in [-0.1, -0.05) is 12.1 Å². The van der Waals surface area contributed by atoms with Crippen molar-refractivity contribution < 1.29 is 9.53 Å². The van der Waals surface area contributed by atoms with Gasteiger partial charge in [-0.25, -0.2) is 9.78 Å². The molecule has 2 fully saturated rings. The number of rotatable bonds is 5. The van der Waals surface area contributed by atoms with Crippen LogP contribution in [-0.2, 0) is 11.3 Å². The van der Waals surface area contributed by atoms with E-state index >= 15 is 0 Å². The average molecular weight is 342 g/mol. The van der Waals surface area contributed by atoms with Gasteiger partial charge >= 0.3 is 6.03 Å². The first-order valence-corrected chi connectivity index (χ1v) is 9.32. The van der Waals surface area contributed by atoms with Gasteiger partial charge in [-0.15, -0.1) is 0 Å². The first-order chi connectivity index (χ1) is 12.2. The highest BCUT2D eigenvalue weighted by Gasteiger charge is 2.42. The zero-order valence-electron chi connectivity index (χ0n) is 14.5. The van der Waals surface area contributed by atoms with Crippen LogP contribution in [0.3, 0.4) is 0 Å². The third-order valence-corrected chi connectivity index (χ3v) is 5.48. The Morgan fingerprint density at radius 3 is 3.08 bits per heavy atom. The second-order valence-electron chi connectivity index (χ2n) is 7.26. The van der Waals surface area contributed by atoms with Crippen LogP contribution in [0.25, 0.3) is 11.0 Å². The predicted octanol–water partition coefficient (Wildman–Crippen LogP) is 2.83. The number of aromatic nitrogens is 2. The summed E-state index contributed by atoms with van der Waals surface area (Å²) in [6, 6.07) is 8.29. The van der Waals surface area contributed by atoms with Crippen LogP contribution in [0, 0.1) is 0 Å². The Balaban J connectivity index is 1.19. The molecule has 2 amide bonds. The van der Waals surface area contributed by atoms with Crippen molar-refractivity contribution in [3.05, 3.63) is 30.6 Å². The number of nitrogens with zero attached hydrogens (tertiary/aromatic N) is 2. The zero-order chi connectivity index (χ0) is 17.1. The van der Waals surface area contributed by atoms with E-state index in [9.17, 15) is 4.79 Å². The molecule has 1 saturated heterocycles. The minimum absolute atomic E-state index is 0.0585. The van der Waals surface area contributed by atoms with Crippen molar-refractivity contribution >= 4 is 17.1 Å². The highest BCUT2D eigenvalue weighted by atomic mass is 16.5. The standard InChI is InChI=1S/C19H26N4O2/c24-18(22-15-7-12-25-19(13-15)8-3-9-19)20-10-4-11-23-14-21-16-5-1-2-6-17(16)23/h1-2,5-6,14-15H,3-4,7-13H2,(H2,20,22,24). The van der Waals surface area contributed by atoms with Gasteiger partial charge in [0, 0.05) is 25.7 Å². The van der Waals surface area contributed by atoms with Crippen molar-refractivity contribution in [1.82, 2.24) is 20.2 Å². The lowest BCUT2D eigenvalue weighted by Crippen LogP contribution is -2.53. The largest absolute Gasteiger partial charge is 0.375 e. The first-order valence-electron chi connectivity index (χ1n) is 9.32. The maximum absolute atomic E-state index is 12.1. The third kappa shape index (κ3) is 3.63. The normalized spacial score (nSPS) is 21.8. The number of nitrogens with one attached hydrogen (secondary N) is 2. The molecule has 1 aromatic heterocycles. The monoisotopic (exact) mass is 342 g/mol. The second-order valence-corrected chi connectivity index (χ2v) is 7.26. The number of benzene rings is 1. The summed E-state index contributed by atoms with van der Waals surface area (Å²) in [5.41, 5.74) is 2.22. The van der Waals surface area contributed by atoms with Crippen LogP contribution >= 0.6 is 0 Å². The van der Waals surface area contributed by atoms with Gasteiger partial charge in [0.15, 0.2) is 0 Å². The fourth-order valence-corrected chi connectivity index (χ4v) is 3.95. The Hall–Kier alpha value is -2.08. The van der Waals surface area contributed by atoms with Crippen LogP contribution in [0.1, 0.15) is 38.5 Å². The number of urea groups is 1. The molecule has 2 aliphatic rings. The van der Waals surface area contributed by atoms with E-state index in [1.165, 1.54) is 6.42 Å². The molecule has 1 atom stereocenters. The Labute approximate surface area is 147 Å². The summed E-state index contributed by atoms with van der Waals surface area (Å²) >= 11 is 0. The molecule has 1 aliphatic heterocycles. The van der Waals surface area contributed by atoms with Crippen LogP contribution in [-0.4, -0.2) is 40.4 Å². The summed E-state index contributed by atoms with van der Waals surface area (Å²) in [6.07, 6.45) is 8.16. The Kier molecular flexibility index (Phi) is 4.61. The van der Waals surface area contributed by atoms with Gasteiger partial charge in [-0.05, 0) is 50.7 Å². The third-order valence-electron chi connectivity index (χ3n) is 5.48. The quantitative estimate of drug-likeness (QED) is 0.821. The molecule has 6 nitrogen and oxygen atoms in total. The minimum atomic E-state index is -0.0585. The first kappa shape index (κ1) is 16.4. The number of para-hydroxylation sites is 2. The van der Waals surface area contributed by atoms with E-state index in [1.54, 1.807) is 0 Å². The van der Waals surface area contributed by atoms with Crippen LogP contribution in [0.2, 0.25) is 0 Å². The summed E-state index contributed by atoms with van der Waals surface area (Å²) in [6.45, 7) is 2.27. The van der Waals surface area contributed by atoms with Crippen LogP contribution in [0.4, 0.5) is 4.79 Å². The van der Waals surface area contributed by atoms with Gasteiger partial charge in [-0.2, -0.15) is 0 Å². The van der Waals surface area contributed by atoms with E-state index < -0.39 is 0 Å². The topological polar surface area (TPSA) is 68.2 Å². The molecule has 0 bridgehead atoms. The molecule has 0 radical (unpaired) electrons. The second kappa shape index (κ2) is 7.04. The molecule has 4 rings (SSSR count). The van der Waals surface area contributed by atoms with Crippen molar-refractivity contribution in [2.24, 2.45) is 0 Å². The van der Waals surface area contributed by atoms with Crippen molar-refractivity contribution in [3.63, 3.8) is 0 Å². The van der Waals surface area contributed by atoms with Crippen molar-refractivity contribution in [1.29, 1.82) is 0 Å². The average Bonchev–Trinajstić information content (AvgIpc) is 3.01. The van der Waals surface area contributed by atoms with Crippen molar-refractivity contribution in [3.8, 4) is 0 Å². The Morgan fingerprint density at radius 1 is 1.36 bits per heavy atom. The van der Waals surface area contributed by atoms with Crippen LogP contribution < -0.4 is 10.6 Å². The SMILES string of the molecule is O=C(NCCCn1cnc2ccccc21)NC1CCOC2(CCC2)C1. The van der Waals surface area contributed by atoms with E-state index in [0.717, 1.165) is 56.3 Å². The summed E-state index contributed by atoms with van der Waals surface area (Å²) in [7, 11) is 0. The highest BCUT2D eigenvalue weighted by Crippen LogP contribution is 2.42. The number of imidazole rings is 1. The minimum Gasteiger partial charge on any atom is -0.375 e. The maximum Gasteiger partial charge on any atom is 0.315 e. The molecular weight excluding hydrogens is 316 g/mol. The number of carbonyl (C=O) groups is 1. The fraction of sp³-hybridized carbons (Fsp3) is 0.579. The molecule has 6 heteroatoms. The number of fused-ring (bicyclic) bond motifs is 1. The van der Waals surface area contributed by atoms with Crippen LogP contribution in [0.5, 0.6) is 0 Å². The molecule has 1 unspecified atom stereocenters. The molecule has 2 heterocycles. The molecule has 1 aromatic carbocycles. The van der Waals surface area contributed by atoms with Crippen molar-refractivity contribution in [2.75, 3.05) is 13.2 Å². The summed E-state index contributed by atoms with van der Waals surface area (Å²) in [5.74, 6) is 0. The van der Waals surface area contributed by atoms with E-state index in [-0.39, 0.29) is 17.7 Å². The molecule has 2 N–H and O–H groups in total. The van der Waals surface area contributed by atoms with Crippen molar-refractivity contribution in [2.45, 2.75) is 56.7 Å². The highest BCUT2D eigenvalue weighted by molar-refractivity contribution is 5.75. The number of hydrogen-bond donors (Lipinski definition) is 2. The lowest BCUT2D eigenvalue weighted by atomic mass is 9.74. The Bertz CT molecular complexity index is 738. The molecule has 134 valence electrons. The smallest absolute Gasteiger partial charge is 0.315 e. The van der Waals surface area contributed by atoms with E-state index in [4.69, 9.17) is 4.74 Å². The van der Waals surface area contributed by atoms with Gasteiger partial charge in [-0.3, -0.25) is 0 Å². The van der Waals surface area contributed by atoms with Gasteiger partial charge in [0.2, 0.25) is 0 Å². The molecular formula is C19H26N4O2. The van der Waals surface area contributed by atoms with Gasteiger partial charge in [0.05, 0.1) is 23.0 Å². The lowest BCUT2D eigenvalue weighted by molar-refractivity contribution is -0.134. The number of aryl methyl sites for hydroxylation is 1. The zero-order valence-corrected chi connectivity index (χ0v) is 14.5. The fourth-order valence-electron chi connectivity index (χ4n) is 3.95. The molecule has 25 heavy (non-hydrogen) atoms. The van der Waals surface area contributed by atoms with Gasteiger partial charge in [0.25, 0.3) is 0 Å². The maximum atomic E-state index is 12.1. The van der Waals surface area contributed by atoms with E-state index in [2.05, 4.69) is 26.3 Å². The van der Waals surface area contributed by atoms with Crippen LogP contribution in [0.15, 0.2) is 30.6 Å². The van der Waals surface area contributed by atoms with E-state index in [0.29, 0.717) is 6.54 Å². The summed E-state index contributed by atoms with van der Waals surface area (Å²) in [5, 5.41) is 6.10. The summed E-state index contributed by atoms with van der Waals surface area (Å²) in [4.78, 5) is 16.5. The number of hydrogen-bond acceptors (Lipinski definition) is 3.